The fourth-order valence-electron chi connectivity index (χ4n) is 4.22. The van der Waals surface area contributed by atoms with Crippen LogP contribution in [0.4, 0.5) is 0 Å². The summed E-state index contributed by atoms with van der Waals surface area (Å²) in [6.07, 6.45) is 5.05. The van der Waals surface area contributed by atoms with E-state index in [-0.39, 0.29) is 23.4 Å². The number of rotatable bonds is 6. The number of nitrogens with zero attached hydrogens (tertiary/aromatic N) is 3. The maximum atomic E-state index is 13.6. The van der Waals surface area contributed by atoms with E-state index >= 15 is 0 Å². The van der Waals surface area contributed by atoms with Gasteiger partial charge < -0.3 is 14.9 Å². The number of aromatic nitrogens is 4. The van der Waals surface area contributed by atoms with Crippen LogP contribution in [0.25, 0.3) is 21.8 Å². The minimum Gasteiger partial charge on any atom is -0.342 e. The summed E-state index contributed by atoms with van der Waals surface area (Å²) in [5.74, 6) is 0.546. The number of hydrogen-bond acceptors (Lipinski definition) is 4. The van der Waals surface area contributed by atoms with Crippen molar-refractivity contribution in [3.8, 4) is 0 Å². The van der Waals surface area contributed by atoms with Crippen molar-refractivity contribution in [3.05, 3.63) is 107 Å². The van der Waals surface area contributed by atoms with Crippen LogP contribution in [0.1, 0.15) is 41.6 Å². The normalized spacial score (nSPS) is 12.3. The van der Waals surface area contributed by atoms with Crippen LogP contribution in [0.15, 0.2) is 84.0 Å². The molecule has 5 aromatic rings. The Labute approximate surface area is 196 Å². The van der Waals surface area contributed by atoms with Crippen molar-refractivity contribution < 1.29 is 4.79 Å². The highest BCUT2D eigenvalue weighted by atomic mass is 16.2. The van der Waals surface area contributed by atoms with E-state index in [0.29, 0.717) is 28.7 Å². The van der Waals surface area contributed by atoms with E-state index in [1.807, 2.05) is 68.4 Å². The smallest absolute Gasteiger partial charge is 0.258 e. The zero-order chi connectivity index (χ0) is 23.7. The molecule has 0 unspecified atom stereocenters. The number of carbonyl (C=O) groups excluding carboxylic acids is 1. The molecule has 1 atom stereocenters. The molecule has 0 spiro atoms. The third-order valence-corrected chi connectivity index (χ3v) is 5.97. The van der Waals surface area contributed by atoms with Gasteiger partial charge in [0.25, 0.3) is 11.5 Å². The van der Waals surface area contributed by atoms with Gasteiger partial charge in [0.15, 0.2) is 0 Å². The summed E-state index contributed by atoms with van der Waals surface area (Å²) in [6, 6.07) is 18.4. The number of benzene rings is 2. The summed E-state index contributed by atoms with van der Waals surface area (Å²) in [6.45, 7) is 4.41. The van der Waals surface area contributed by atoms with E-state index in [4.69, 9.17) is 4.98 Å². The quantitative estimate of drug-likeness (QED) is 0.399. The Kier molecular flexibility index (Phi) is 5.67. The van der Waals surface area contributed by atoms with Gasteiger partial charge in [-0.05, 0) is 35.7 Å². The summed E-state index contributed by atoms with van der Waals surface area (Å²) < 4.78 is 1.57. The maximum Gasteiger partial charge on any atom is 0.258 e. The highest BCUT2D eigenvalue weighted by molar-refractivity contribution is 6.06. The number of imidazole rings is 1. The zero-order valence-corrected chi connectivity index (χ0v) is 19.0. The molecule has 1 amide bonds. The lowest BCUT2D eigenvalue weighted by Gasteiger charge is -2.21. The van der Waals surface area contributed by atoms with Crippen LogP contribution in [0.5, 0.6) is 0 Å². The number of nitrogens with one attached hydrogen (secondary N) is 2. The lowest BCUT2D eigenvalue weighted by atomic mass is 10.0. The third kappa shape index (κ3) is 4.08. The van der Waals surface area contributed by atoms with Gasteiger partial charge in [-0.1, -0.05) is 50.2 Å². The van der Waals surface area contributed by atoms with Crippen LogP contribution >= 0.6 is 0 Å². The first-order valence-corrected chi connectivity index (χ1v) is 11.3. The lowest BCUT2D eigenvalue weighted by Crippen LogP contribution is -2.34. The van der Waals surface area contributed by atoms with Gasteiger partial charge in [-0.25, -0.2) is 4.98 Å². The summed E-state index contributed by atoms with van der Waals surface area (Å²) in [5, 5.41) is 4.28. The topological polar surface area (TPSA) is 92.7 Å². The number of fused-ring (bicyclic) bond motifs is 2. The molecule has 0 aliphatic heterocycles. The fourth-order valence-corrected chi connectivity index (χ4v) is 4.22. The number of pyridine rings is 2. The number of para-hydroxylation sites is 2. The van der Waals surface area contributed by atoms with Crippen LogP contribution in [-0.2, 0) is 6.54 Å². The molecule has 2 N–H and O–H groups in total. The summed E-state index contributed by atoms with van der Waals surface area (Å²) in [5.41, 5.74) is 2.96. The molecule has 0 aliphatic carbocycles. The Bertz CT molecular complexity index is 1500. The van der Waals surface area contributed by atoms with Crippen molar-refractivity contribution in [3.63, 3.8) is 0 Å². The van der Waals surface area contributed by atoms with Gasteiger partial charge in [-0.3, -0.25) is 14.6 Å². The summed E-state index contributed by atoms with van der Waals surface area (Å²) >= 11 is 0. The molecule has 0 saturated carbocycles. The van der Waals surface area contributed by atoms with Crippen LogP contribution in [0.2, 0.25) is 0 Å². The van der Waals surface area contributed by atoms with E-state index < -0.39 is 0 Å². The standard InChI is InChI=1S/C27H25N5O2/c1-17(2)24(25-29-22-11-5-6-12-23(22)30-25)31-26(33)21-16-32(15-18-8-7-13-28-14-18)27(34)20-10-4-3-9-19(20)21/h3-14,16-17,24H,15H2,1-2H3,(H,29,30)(H,31,33)/t24-/m0/s1. The minimum absolute atomic E-state index is 0.0945. The van der Waals surface area contributed by atoms with E-state index in [1.54, 1.807) is 29.2 Å². The monoisotopic (exact) mass is 451 g/mol. The van der Waals surface area contributed by atoms with E-state index in [9.17, 15) is 9.59 Å². The first kappa shape index (κ1) is 21.6. The molecule has 3 heterocycles. The second-order valence-corrected chi connectivity index (χ2v) is 8.72. The van der Waals surface area contributed by atoms with Gasteiger partial charge in [-0.2, -0.15) is 0 Å². The van der Waals surface area contributed by atoms with E-state index in [2.05, 4.69) is 15.3 Å². The molecule has 0 saturated heterocycles. The van der Waals surface area contributed by atoms with Gasteiger partial charge >= 0.3 is 0 Å². The largest absolute Gasteiger partial charge is 0.342 e. The number of aromatic amines is 1. The average molecular weight is 452 g/mol. The van der Waals surface area contributed by atoms with Gasteiger partial charge in [0.05, 0.1) is 29.2 Å². The summed E-state index contributed by atoms with van der Waals surface area (Å²) in [7, 11) is 0. The molecule has 0 aliphatic rings. The SMILES string of the molecule is CC(C)[C@H](NC(=O)c1cn(Cc2cccnc2)c(=O)c2ccccc12)c1nc2ccccc2[nH]1. The lowest BCUT2D eigenvalue weighted by molar-refractivity contribution is 0.0924. The average Bonchev–Trinajstić information content (AvgIpc) is 3.28. The fraction of sp³-hybridized carbons (Fsp3) is 0.185. The predicted molar refractivity (Wildman–Crippen MR) is 133 cm³/mol. The minimum atomic E-state index is -0.322. The number of amides is 1. The van der Waals surface area contributed by atoms with E-state index in [0.717, 1.165) is 16.6 Å². The molecular formula is C27H25N5O2. The Morgan fingerprint density at radius 3 is 2.53 bits per heavy atom. The number of carbonyl (C=O) groups is 1. The van der Waals surface area contributed by atoms with Crippen molar-refractivity contribution in [1.82, 2.24) is 24.8 Å². The molecule has 7 nitrogen and oxygen atoms in total. The second-order valence-electron chi connectivity index (χ2n) is 8.72. The maximum absolute atomic E-state index is 13.6. The van der Waals surface area contributed by atoms with Gasteiger partial charge in [0.1, 0.15) is 5.82 Å². The molecule has 0 bridgehead atoms. The molecule has 7 heteroatoms. The Balaban J connectivity index is 1.55. The van der Waals surface area contributed by atoms with Crippen LogP contribution < -0.4 is 10.9 Å². The van der Waals surface area contributed by atoms with Gasteiger partial charge in [0, 0.05) is 29.4 Å². The van der Waals surface area contributed by atoms with Gasteiger partial charge in [0.2, 0.25) is 0 Å². The highest BCUT2D eigenvalue weighted by Gasteiger charge is 2.24. The van der Waals surface area contributed by atoms with Crippen molar-refractivity contribution in [1.29, 1.82) is 0 Å². The predicted octanol–water partition coefficient (Wildman–Crippen LogP) is 4.45. The molecule has 2 aromatic carbocycles. The molecule has 0 fully saturated rings. The van der Waals surface area contributed by atoms with Crippen LogP contribution in [0.3, 0.4) is 0 Å². The Hall–Kier alpha value is -4.26. The molecule has 5 rings (SSSR count). The van der Waals surface area contributed by atoms with Gasteiger partial charge in [-0.15, -0.1) is 0 Å². The first-order valence-electron chi connectivity index (χ1n) is 11.3. The molecule has 170 valence electrons. The van der Waals surface area contributed by atoms with Crippen molar-refractivity contribution >= 4 is 27.7 Å². The molecule has 3 aromatic heterocycles. The third-order valence-electron chi connectivity index (χ3n) is 5.97. The highest BCUT2D eigenvalue weighted by Crippen LogP contribution is 2.24. The Morgan fingerprint density at radius 1 is 1.03 bits per heavy atom. The Morgan fingerprint density at radius 2 is 1.79 bits per heavy atom. The first-order chi connectivity index (χ1) is 16.5. The number of hydrogen-bond donors (Lipinski definition) is 2. The van der Waals surface area contributed by atoms with Crippen molar-refractivity contribution in [2.24, 2.45) is 5.92 Å². The summed E-state index contributed by atoms with van der Waals surface area (Å²) in [4.78, 5) is 38.9. The molecule has 0 radical (unpaired) electrons. The van der Waals surface area contributed by atoms with Crippen molar-refractivity contribution in [2.75, 3.05) is 0 Å². The molecule has 34 heavy (non-hydrogen) atoms. The van der Waals surface area contributed by atoms with Crippen molar-refractivity contribution in [2.45, 2.75) is 26.4 Å². The second kappa shape index (κ2) is 8.94. The zero-order valence-electron chi connectivity index (χ0n) is 19.0. The number of H-pyrrole nitrogens is 1. The van der Waals surface area contributed by atoms with E-state index in [1.165, 1.54) is 0 Å². The molecular weight excluding hydrogens is 426 g/mol. The van der Waals surface area contributed by atoms with Crippen LogP contribution in [-0.4, -0.2) is 25.4 Å². The van der Waals surface area contributed by atoms with Crippen LogP contribution in [0, 0.1) is 5.92 Å².